The molecule has 2 nitrogen and oxygen atoms in total. The van der Waals surface area contributed by atoms with Crippen LogP contribution in [0.15, 0.2) is 136 Å². The fraction of sp³-hybridized carbons (Fsp3) is 0.0244. The maximum atomic E-state index is 6.50. The molecule has 0 spiro atoms. The summed E-state index contributed by atoms with van der Waals surface area (Å²) >= 11 is 0. The van der Waals surface area contributed by atoms with Gasteiger partial charge in [-0.25, -0.2) is 0 Å². The van der Waals surface area contributed by atoms with E-state index in [9.17, 15) is 0 Å². The van der Waals surface area contributed by atoms with E-state index in [-0.39, 0.29) is 0 Å². The number of para-hydroxylation sites is 4. The first-order valence-corrected chi connectivity index (χ1v) is 14.8. The van der Waals surface area contributed by atoms with E-state index in [1.54, 1.807) is 0 Å². The van der Waals surface area contributed by atoms with Crippen LogP contribution in [-0.4, -0.2) is 0 Å². The Morgan fingerprint density at radius 2 is 0.907 bits per heavy atom. The molecular weight excluding hydrogens is 524 g/mol. The zero-order chi connectivity index (χ0) is 28.2. The summed E-state index contributed by atoms with van der Waals surface area (Å²) < 4.78 is 13.0. The SMILES string of the molecule is Cc1cc(-c2cccc3c2oc2ccccc23)c2ccc3ccc(-c4cccc5c4oc4ccccc45)c4ccc1c2c34. The molecule has 0 bridgehead atoms. The van der Waals surface area contributed by atoms with Crippen molar-refractivity contribution in [2.24, 2.45) is 0 Å². The Morgan fingerprint density at radius 1 is 0.372 bits per heavy atom. The number of hydrogen-bond donors (Lipinski definition) is 0. The molecule has 2 heterocycles. The molecule has 200 valence electrons. The van der Waals surface area contributed by atoms with Crippen LogP contribution in [0.3, 0.4) is 0 Å². The first-order chi connectivity index (χ1) is 21.2. The summed E-state index contributed by atoms with van der Waals surface area (Å²) in [5.74, 6) is 0. The van der Waals surface area contributed by atoms with E-state index >= 15 is 0 Å². The summed E-state index contributed by atoms with van der Waals surface area (Å²) in [5.41, 5.74) is 9.62. The van der Waals surface area contributed by atoms with Gasteiger partial charge in [0.15, 0.2) is 0 Å². The summed E-state index contributed by atoms with van der Waals surface area (Å²) in [6, 6.07) is 45.6. The predicted octanol–water partition coefficient (Wildman–Crippen LogP) is 12.0. The van der Waals surface area contributed by atoms with Crippen LogP contribution in [0, 0.1) is 6.92 Å². The van der Waals surface area contributed by atoms with Gasteiger partial charge in [0.2, 0.25) is 0 Å². The van der Waals surface area contributed by atoms with Crippen molar-refractivity contribution in [1.29, 1.82) is 0 Å². The third kappa shape index (κ3) is 3.02. The van der Waals surface area contributed by atoms with E-state index < -0.39 is 0 Å². The van der Waals surface area contributed by atoms with E-state index in [4.69, 9.17) is 8.83 Å². The average molecular weight is 549 g/mol. The van der Waals surface area contributed by atoms with Gasteiger partial charge in [-0.05, 0) is 68.1 Å². The fourth-order valence-corrected chi connectivity index (χ4v) is 7.45. The molecular formula is C41H24O2. The Bertz CT molecular complexity index is 2740. The van der Waals surface area contributed by atoms with E-state index in [0.717, 1.165) is 55.0 Å². The number of rotatable bonds is 2. The molecule has 8 aromatic carbocycles. The third-order valence-electron chi connectivity index (χ3n) is 9.38. The standard InChI is InChI=1S/C41H24O2/c1-23-22-35(34-13-7-12-33-28-9-3-5-15-37(28)43-41(33)34)30-19-17-24-16-18-26(29-21-20-25(23)39(30)38(24)29)31-10-6-11-32-27-8-2-4-14-36(27)42-40(31)32/h2-22H,1H3. The van der Waals surface area contributed by atoms with E-state index in [0.29, 0.717) is 0 Å². The second kappa shape index (κ2) is 8.24. The molecule has 0 N–H and O–H groups in total. The molecule has 10 rings (SSSR count). The first kappa shape index (κ1) is 23.0. The van der Waals surface area contributed by atoms with E-state index in [1.165, 1.54) is 49.0 Å². The molecule has 2 aromatic heterocycles. The maximum Gasteiger partial charge on any atom is 0.143 e. The zero-order valence-electron chi connectivity index (χ0n) is 23.4. The Morgan fingerprint density at radius 3 is 1.60 bits per heavy atom. The molecule has 0 aliphatic carbocycles. The van der Waals surface area contributed by atoms with E-state index in [1.807, 2.05) is 12.1 Å². The van der Waals surface area contributed by atoms with Gasteiger partial charge >= 0.3 is 0 Å². The van der Waals surface area contributed by atoms with Crippen molar-refractivity contribution in [3.8, 4) is 22.3 Å². The van der Waals surface area contributed by atoms with Crippen molar-refractivity contribution in [3.63, 3.8) is 0 Å². The summed E-state index contributed by atoms with van der Waals surface area (Å²) in [4.78, 5) is 0. The maximum absolute atomic E-state index is 6.50. The lowest BCUT2D eigenvalue weighted by molar-refractivity contribution is 0.669. The van der Waals surface area contributed by atoms with Crippen molar-refractivity contribution in [1.82, 2.24) is 0 Å². The van der Waals surface area contributed by atoms with Gasteiger partial charge < -0.3 is 8.83 Å². The van der Waals surface area contributed by atoms with Crippen molar-refractivity contribution < 1.29 is 8.83 Å². The zero-order valence-corrected chi connectivity index (χ0v) is 23.4. The first-order valence-electron chi connectivity index (χ1n) is 14.8. The minimum absolute atomic E-state index is 0.919. The van der Waals surface area contributed by atoms with Gasteiger partial charge in [0.25, 0.3) is 0 Å². The quantitative estimate of drug-likeness (QED) is 0.201. The lowest BCUT2D eigenvalue weighted by Crippen LogP contribution is -1.92. The number of aryl methyl sites for hydroxylation is 1. The van der Waals surface area contributed by atoms with Crippen LogP contribution >= 0.6 is 0 Å². The molecule has 0 unspecified atom stereocenters. The molecule has 0 saturated carbocycles. The van der Waals surface area contributed by atoms with Crippen LogP contribution in [0.25, 0.3) is 98.4 Å². The van der Waals surface area contributed by atoms with Crippen molar-refractivity contribution in [2.45, 2.75) is 6.92 Å². The van der Waals surface area contributed by atoms with Crippen molar-refractivity contribution >= 4 is 76.2 Å². The molecule has 10 aromatic rings. The highest BCUT2D eigenvalue weighted by atomic mass is 16.3. The van der Waals surface area contributed by atoms with E-state index in [2.05, 4.69) is 122 Å². The molecule has 0 saturated heterocycles. The Balaban J connectivity index is 1.31. The van der Waals surface area contributed by atoms with Crippen molar-refractivity contribution in [2.75, 3.05) is 0 Å². The molecule has 0 fully saturated rings. The second-order valence-corrected chi connectivity index (χ2v) is 11.7. The van der Waals surface area contributed by atoms with Gasteiger partial charge in [0.05, 0.1) is 0 Å². The molecule has 43 heavy (non-hydrogen) atoms. The number of fused-ring (bicyclic) bond motifs is 6. The second-order valence-electron chi connectivity index (χ2n) is 11.7. The third-order valence-corrected chi connectivity index (χ3v) is 9.38. The number of furan rings is 2. The predicted molar refractivity (Wildman–Crippen MR) is 180 cm³/mol. The van der Waals surface area contributed by atoms with Gasteiger partial charge in [-0.3, -0.25) is 0 Å². The van der Waals surface area contributed by atoms with Gasteiger partial charge in [-0.15, -0.1) is 0 Å². The molecule has 0 radical (unpaired) electrons. The monoisotopic (exact) mass is 548 g/mol. The van der Waals surface area contributed by atoms with Gasteiger partial charge in [-0.1, -0.05) is 115 Å². The highest BCUT2D eigenvalue weighted by molar-refractivity contribution is 6.29. The summed E-state index contributed by atoms with van der Waals surface area (Å²) in [7, 11) is 0. The number of hydrogen-bond acceptors (Lipinski definition) is 2. The van der Waals surface area contributed by atoms with Crippen LogP contribution in [0.5, 0.6) is 0 Å². The van der Waals surface area contributed by atoms with Crippen LogP contribution in [0.4, 0.5) is 0 Å². The smallest absolute Gasteiger partial charge is 0.143 e. The summed E-state index contributed by atoms with van der Waals surface area (Å²) in [6.07, 6.45) is 0. The van der Waals surface area contributed by atoms with Crippen LogP contribution in [0.2, 0.25) is 0 Å². The van der Waals surface area contributed by atoms with Gasteiger partial charge in [-0.2, -0.15) is 0 Å². The fourth-order valence-electron chi connectivity index (χ4n) is 7.45. The van der Waals surface area contributed by atoms with Crippen LogP contribution < -0.4 is 0 Å². The highest BCUT2D eigenvalue weighted by Crippen LogP contribution is 2.46. The normalized spacial score (nSPS) is 12.3. The molecule has 0 aliphatic rings. The van der Waals surface area contributed by atoms with Crippen LogP contribution in [0.1, 0.15) is 5.56 Å². The summed E-state index contributed by atoms with van der Waals surface area (Å²) in [6.45, 7) is 2.23. The number of benzene rings is 8. The van der Waals surface area contributed by atoms with Crippen LogP contribution in [-0.2, 0) is 0 Å². The topological polar surface area (TPSA) is 26.3 Å². The Kier molecular flexibility index (Phi) is 4.41. The lowest BCUT2D eigenvalue weighted by Gasteiger charge is -2.18. The highest BCUT2D eigenvalue weighted by Gasteiger charge is 2.20. The van der Waals surface area contributed by atoms with Gasteiger partial charge in [0, 0.05) is 32.7 Å². The summed E-state index contributed by atoms with van der Waals surface area (Å²) in [5, 5.41) is 12.2. The largest absolute Gasteiger partial charge is 0.455 e. The van der Waals surface area contributed by atoms with Gasteiger partial charge in [0.1, 0.15) is 22.3 Å². The average Bonchev–Trinajstić information content (AvgIpc) is 3.63. The molecule has 0 amide bonds. The minimum atomic E-state index is 0.919. The Hall–Kier alpha value is -5.60. The van der Waals surface area contributed by atoms with Crippen molar-refractivity contribution in [3.05, 3.63) is 133 Å². The molecule has 2 heteroatoms. The minimum Gasteiger partial charge on any atom is -0.455 e. The molecule has 0 aliphatic heterocycles. The molecule has 0 atom stereocenters. The lowest BCUT2D eigenvalue weighted by atomic mass is 9.85. The Labute approximate surface area is 246 Å².